The Morgan fingerprint density at radius 3 is 2.55 bits per heavy atom. The van der Waals surface area contributed by atoms with Gasteiger partial charge in [-0.2, -0.15) is 18.2 Å². The Kier molecular flexibility index (Phi) is 4.99. The first-order chi connectivity index (χ1) is 15.2. The van der Waals surface area contributed by atoms with Crippen molar-refractivity contribution in [3.63, 3.8) is 0 Å². The summed E-state index contributed by atoms with van der Waals surface area (Å²) in [6.45, 7) is 0.231. The van der Waals surface area contributed by atoms with Gasteiger partial charge in [0.1, 0.15) is 23.5 Å². The van der Waals surface area contributed by atoms with Crippen molar-refractivity contribution in [2.45, 2.75) is 42.6 Å². The molecule has 0 aromatic heterocycles. The minimum atomic E-state index is -4.91. The highest BCUT2D eigenvalue weighted by molar-refractivity contribution is 5.90. The van der Waals surface area contributed by atoms with Gasteiger partial charge in [0.25, 0.3) is 0 Å². The maximum Gasteiger partial charge on any atom is 0.416 e. The summed E-state index contributed by atoms with van der Waals surface area (Å²) >= 11 is 0. The largest absolute Gasteiger partial charge is 0.454 e. The molecule has 180 valence electrons. The number of benzene rings is 1. The number of guanidine groups is 2. The zero-order chi connectivity index (χ0) is 24.5. The van der Waals surface area contributed by atoms with Crippen LogP contribution >= 0.6 is 0 Å². The molecule has 0 bridgehead atoms. The first-order valence-electron chi connectivity index (χ1n) is 9.60. The van der Waals surface area contributed by atoms with E-state index >= 15 is 0 Å². The van der Waals surface area contributed by atoms with Crippen molar-refractivity contribution in [3.05, 3.63) is 35.1 Å². The summed E-state index contributed by atoms with van der Waals surface area (Å²) in [5, 5.41) is 32.3. The molecule has 5 unspecified atom stereocenters. The van der Waals surface area contributed by atoms with Gasteiger partial charge < -0.3 is 31.3 Å². The molecule has 3 heterocycles. The van der Waals surface area contributed by atoms with Gasteiger partial charge in [-0.25, -0.2) is 19.2 Å². The second-order valence-electron chi connectivity index (χ2n) is 8.09. The quantitative estimate of drug-likeness (QED) is 0.277. The summed E-state index contributed by atoms with van der Waals surface area (Å²) in [6.07, 6.45) is -6.42. The Bertz CT molecular complexity index is 1060. The fourth-order valence-corrected chi connectivity index (χ4v) is 4.66. The molecule has 1 saturated heterocycles. The van der Waals surface area contributed by atoms with Gasteiger partial charge in [-0.05, 0) is 25.1 Å². The number of alkyl halides is 3. The highest BCUT2D eigenvalue weighted by Crippen LogP contribution is 2.50. The molecule has 0 amide bonds. The van der Waals surface area contributed by atoms with Crippen LogP contribution in [0.4, 0.5) is 17.6 Å². The molecule has 15 heteroatoms. The molecule has 0 radical (unpaired) electrons. The summed E-state index contributed by atoms with van der Waals surface area (Å²) in [4.78, 5) is 22.0. The normalized spacial score (nSPS) is 33.4. The molecule has 3 aliphatic rings. The van der Waals surface area contributed by atoms with E-state index in [2.05, 4.69) is 9.98 Å². The summed E-state index contributed by atoms with van der Waals surface area (Å²) in [5.41, 5.74) is 5.43. The number of carbonyl (C=O) groups excluding carboxylic acids is 1. The Labute approximate surface area is 183 Å². The molecule has 4 rings (SSSR count). The highest BCUT2D eigenvalue weighted by Gasteiger charge is 2.75. The molecular formula is C18H20F4N6O5. The lowest BCUT2D eigenvalue weighted by atomic mass is 9.79. The van der Waals surface area contributed by atoms with Gasteiger partial charge in [0.15, 0.2) is 12.1 Å². The van der Waals surface area contributed by atoms with Gasteiger partial charge in [-0.1, -0.05) is 0 Å². The van der Waals surface area contributed by atoms with Crippen LogP contribution in [0.1, 0.15) is 22.8 Å². The van der Waals surface area contributed by atoms with E-state index in [1.165, 1.54) is 11.8 Å². The zero-order valence-electron chi connectivity index (χ0n) is 17.0. The van der Waals surface area contributed by atoms with Gasteiger partial charge in [0, 0.05) is 0 Å². The van der Waals surface area contributed by atoms with Crippen LogP contribution < -0.4 is 11.5 Å². The number of hydroxylamine groups is 2. The molecule has 11 nitrogen and oxygen atoms in total. The first kappa shape index (κ1) is 23.0. The van der Waals surface area contributed by atoms with E-state index in [1.807, 2.05) is 0 Å². The highest BCUT2D eigenvalue weighted by atomic mass is 19.4. The van der Waals surface area contributed by atoms with Crippen LogP contribution in [0.2, 0.25) is 0 Å². The van der Waals surface area contributed by atoms with Gasteiger partial charge in [-0.3, -0.25) is 5.21 Å². The van der Waals surface area contributed by atoms with Crippen LogP contribution in [0.5, 0.6) is 0 Å². The molecule has 1 aromatic carbocycles. The lowest BCUT2D eigenvalue weighted by molar-refractivity contribution is -0.228. The predicted molar refractivity (Wildman–Crippen MR) is 102 cm³/mol. The fourth-order valence-electron chi connectivity index (χ4n) is 4.66. The first-order valence-corrected chi connectivity index (χ1v) is 9.60. The van der Waals surface area contributed by atoms with Crippen molar-refractivity contribution in [1.82, 2.24) is 9.96 Å². The van der Waals surface area contributed by atoms with Crippen molar-refractivity contribution < 1.29 is 42.5 Å². The standard InChI is InChI=1S/C18H20F4N6O5/c1-16(31)11(33-13(30)7-2-8(18(20,21)22)4-9(19)3-7)5-27-14(23)25-10(6-29)12-17(16,27)28(32)15(24)26-12/h2-4,10-12,29,31-32H,5-6H2,1H3,(H2,23,25)(H2,24,26). The SMILES string of the molecule is CC1(O)C(OC(=O)c2cc(F)cc(C(F)(F)F)c2)CN2C(N)=NC(CO)C3N=C(N)N(O)C321. The smallest absolute Gasteiger partial charge is 0.416 e. The van der Waals surface area contributed by atoms with Gasteiger partial charge >= 0.3 is 12.1 Å². The van der Waals surface area contributed by atoms with Crippen molar-refractivity contribution in [2.24, 2.45) is 21.5 Å². The molecule has 1 fully saturated rings. The molecule has 3 aliphatic heterocycles. The van der Waals surface area contributed by atoms with E-state index in [1.54, 1.807) is 0 Å². The number of aliphatic imine (C=N–C) groups is 2. The number of aliphatic hydroxyl groups is 2. The average Bonchev–Trinajstić information content (AvgIpc) is 3.12. The predicted octanol–water partition coefficient (Wildman–Crippen LogP) is -0.790. The number of esters is 1. The van der Waals surface area contributed by atoms with E-state index in [4.69, 9.17) is 16.2 Å². The van der Waals surface area contributed by atoms with Crippen LogP contribution in [-0.4, -0.2) is 85.9 Å². The lowest BCUT2D eigenvalue weighted by Crippen LogP contribution is -2.76. The maximum atomic E-state index is 13.7. The number of nitrogens with zero attached hydrogens (tertiary/aromatic N) is 4. The average molecular weight is 476 g/mol. The van der Waals surface area contributed by atoms with Gasteiger partial charge in [0.05, 0.1) is 24.3 Å². The van der Waals surface area contributed by atoms with E-state index in [-0.39, 0.29) is 18.6 Å². The zero-order valence-corrected chi connectivity index (χ0v) is 17.0. The van der Waals surface area contributed by atoms with E-state index in [0.717, 1.165) is 0 Å². The summed E-state index contributed by atoms with van der Waals surface area (Å²) in [5.74, 6) is -3.34. The van der Waals surface area contributed by atoms with Gasteiger partial charge in [0.2, 0.25) is 11.6 Å². The summed E-state index contributed by atoms with van der Waals surface area (Å²) in [7, 11) is 0. The maximum absolute atomic E-state index is 13.7. The molecule has 0 saturated carbocycles. The van der Waals surface area contributed by atoms with Crippen molar-refractivity contribution in [3.8, 4) is 0 Å². The number of rotatable bonds is 3. The van der Waals surface area contributed by atoms with Crippen LogP contribution in [0.3, 0.4) is 0 Å². The van der Waals surface area contributed by atoms with Crippen LogP contribution in [0, 0.1) is 5.82 Å². The molecule has 1 aromatic rings. The topological polar surface area (TPSA) is 170 Å². The van der Waals surface area contributed by atoms with Crippen LogP contribution in [0.25, 0.3) is 0 Å². The monoisotopic (exact) mass is 476 g/mol. The van der Waals surface area contributed by atoms with Crippen molar-refractivity contribution in [2.75, 3.05) is 13.2 Å². The fraction of sp³-hybridized carbons (Fsp3) is 0.500. The minimum absolute atomic E-state index is 0.223. The third-order valence-electron chi connectivity index (χ3n) is 6.19. The number of ether oxygens (including phenoxy) is 1. The number of hydrogen-bond donors (Lipinski definition) is 5. The number of hydrogen-bond acceptors (Lipinski definition) is 11. The van der Waals surface area contributed by atoms with Crippen molar-refractivity contribution in [1.29, 1.82) is 0 Å². The number of carbonyl (C=O) groups is 1. The Hall–Kier alpha value is -3.17. The molecule has 33 heavy (non-hydrogen) atoms. The Morgan fingerprint density at radius 1 is 1.27 bits per heavy atom. The Morgan fingerprint density at radius 2 is 1.94 bits per heavy atom. The van der Waals surface area contributed by atoms with E-state index in [9.17, 15) is 37.8 Å². The third kappa shape index (κ3) is 3.10. The van der Waals surface area contributed by atoms with Crippen molar-refractivity contribution >= 4 is 17.9 Å². The molecule has 5 atom stereocenters. The second-order valence-corrected chi connectivity index (χ2v) is 8.09. The number of aliphatic hydroxyl groups excluding tert-OH is 1. The Balaban J connectivity index is 1.71. The minimum Gasteiger partial charge on any atom is -0.454 e. The second kappa shape index (κ2) is 7.16. The molecule has 0 aliphatic carbocycles. The van der Waals surface area contributed by atoms with E-state index < -0.39 is 71.1 Å². The lowest BCUT2D eigenvalue weighted by Gasteiger charge is -2.51. The number of halogens is 4. The molecule has 7 N–H and O–H groups in total. The summed E-state index contributed by atoms with van der Waals surface area (Å²) < 4.78 is 58.0. The molecule has 1 spiro atoms. The van der Waals surface area contributed by atoms with Crippen LogP contribution in [0.15, 0.2) is 28.2 Å². The van der Waals surface area contributed by atoms with Gasteiger partial charge in [-0.15, -0.1) is 0 Å². The van der Waals surface area contributed by atoms with E-state index in [0.29, 0.717) is 17.2 Å². The third-order valence-corrected chi connectivity index (χ3v) is 6.19. The number of nitrogens with two attached hydrogens (primary N) is 2. The summed E-state index contributed by atoms with van der Waals surface area (Å²) in [6, 6.07) is -0.973. The van der Waals surface area contributed by atoms with Crippen LogP contribution in [-0.2, 0) is 10.9 Å². The molecular weight excluding hydrogens is 456 g/mol.